The SMILES string of the molecule is CCN(CC)C(=O)C1NCCC1c1ccc(Cl)c(Cl)c1. The van der Waals surface area contributed by atoms with Crippen molar-refractivity contribution in [2.45, 2.75) is 32.2 Å². The van der Waals surface area contributed by atoms with Crippen LogP contribution in [0.3, 0.4) is 0 Å². The normalized spacial score (nSPS) is 22.0. The maximum Gasteiger partial charge on any atom is 0.240 e. The maximum absolute atomic E-state index is 12.5. The minimum Gasteiger partial charge on any atom is -0.342 e. The Labute approximate surface area is 130 Å². The molecule has 2 unspecified atom stereocenters. The standard InChI is InChI=1S/C15H20Cl2N2O/c1-3-19(4-2)15(20)14-11(7-8-18-14)10-5-6-12(16)13(17)9-10/h5-6,9,11,14,18H,3-4,7-8H2,1-2H3. The predicted octanol–water partition coefficient (Wildman–Crippen LogP) is 3.31. The molecule has 20 heavy (non-hydrogen) atoms. The highest BCUT2D eigenvalue weighted by atomic mass is 35.5. The molecule has 0 saturated carbocycles. The Bertz CT molecular complexity index is 489. The lowest BCUT2D eigenvalue weighted by molar-refractivity contribution is -0.133. The minimum atomic E-state index is -0.160. The van der Waals surface area contributed by atoms with Gasteiger partial charge in [-0.3, -0.25) is 4.79 Å². The lowest BCUT2D eigenvalue weighted by Crippen LogP contribution is -2.45. The zero-order valence-corrected chi connectivity index (χ0v) is 13.3. The smallest absolute Gasteiger partial charge is 0.240 e. The van der Waals surface area contributed by atoms with Crippen molar-refractivity contribution in [2.75, 3.05) is 19.6 Å². The second kappa shape index (κ2) is 6.79. The van der Waals surface area contributed by atoms with Gasteiger partial charge in [-0.15, -0.1) is 0 Å². The molecule has 1 saturated heterocycles. The summed E-state index contributed by atoms with van der Waals surface area (Å²) in [5.41, 5.74) is 1.08. The summed E-state index contributed by atoms with van der Waals surface area (Å²) in [6.45, 7) is 6.33. The number of hydrogen-bond donors (Lipinski definition) is 1. The van der Waals surface area contributed by atoms with Crippen LogP contribution in [-0.2, 0) is 4.79 Å². The molecule has 1 heterocycles. The summed E-state index contributed by atoms with van der Waals surface area (Å²) in [5.74, 6) is 0.335. The van der Waals surface area contributed by atoms with Crippen LogP contribution in [0.15, 0.2) is 18.2 Å². The molecular weight excluding hydrogens is 295 g/mol. The number of nitrogens with one attached hydrogen (secondary N) is 1. The van der Waals surface area contributed by atoms with Gasteiger partial charge in [0, 0.05) is 19.0 Å². The fraction of sp³-hybridized carbons (Fsp3) is 0.533. The first-order chi connectivity index (χ1) is 9.58. The Morgan fingerprint density at radius 3 is 2.60 bits per heavy atom. The van der Waals surface area contributed by atoms with E-state index in [4.69, 9.17) is 23.2 Å². The molecule has 0 spiro atoms. The monoisotopic (exact) mass is 314 g/mol. The average Bonchev–Trinajstić information content (AvgIpc) is 2.92. The van der Waals surface area contributed by atoms with E-state index in [-0.39, 0.29) is 17.9 Å². The molecule has 0 radical (unpaired) electrons. The summed E-state index contributed by atoms with van der Waals surface area (Å²) >= 11 is 12.0. The van der Waals surface area contributed by atoms with Crippen molar-refractivity contribution in [3.05, 3.63) is 33.8 Å². The van der Waals surface area contributed by atoms with Gasteiger partial charge in [-0.25, -0.2) is 0 Å². The molecule has 1 aliphatic rings. The fourth-order valence-corrected chi connectivity index (χ4v) is 3.10. The zero-order valence-electron chi connectivity index (χ0n) is 11.8. The van der Waals surface area contributed by atoms with Gasteiger partial charge in [0.05, 0.1) is 16.1 Å². The Morgan fingerprint density at radius 2 is 2.00 bits per heavy atom. The van der Waals surface area contributed by atoms with Gasteiger partial charge in [-0.1, -0.05) is 29.3 Å². The number of hydrogen-bond acceptors (Lipinski definition) is 2. The Balaban J connectivity index is 2.22. The molecular formula is C15H20Cl2N2O. The molecule has 1 aromatic carbocycles. The lowest BCUT2D eigenvalue weighted by Gasteiger charge is -2.26. The number of halogens is 2. The minimum absolute atomic E-state index is 0.160. The molecule has 1 aliphatic heterocycles. The molecule has 2 atom stereocenters. The van der Waals surface area contributed by atoms with Crippen molar-refractivity contribution in [3.63, 3.8) is 0 Å². The van der Waals surface area contributed by atoms with Crippen molar-refractivity contribution < 1.29 is 4.79 Å². The Morgan fingerprint density at radius 1 is 1.30 bits per heavy atom. The van der Waals surface area contributed by atoms with Crippen LogP contribution in [0.5, 0.6) is 0 Å². The van der Waals surface area contributed by atoms with E-state index in [9.17, 15) is 4.79 Å². The Hall–Kier alpha value is -0.770. The molecule has 1 N–H and O–H groups in total. The second-order valence-corrected chi connectivity index (χ2v) is 5.83. The molecule has 110 valence electrons. The van der Waals surface area contributed by atoms with Crippen LogP contribution in [0, 0.1) is 0 Å². The number of benzene rings is 1. The van der Waals surface area contributed by atoms with Gasteiger partial charge >= 0.3 is 0 Å². The summed E-state index contributed by atoms with van der Waals surface area (Å²) in [6, 6.07) is 5.49. The first-order valence-electron chi connectivity index (χ1n) is 7.05. The van der Waals surface area contributed by atoms with Crippen molar-refractivity contribution in [1.82, 2.24) is 10.2 Å². The van der Waals surface area contributed by atoms with E-state index in [1.807, 2.05) is 30.9 Å². The highest BCUT2D eigenvalue weighted by molar-refractivity contribution is 6.42. The summed E-state index contributed by atoms with van der Waals surface area (Å²) < 4.78 is 0. The molecule has 2 rings (SSSR count). The number of nitrogens with zero attached hydrogens (tertiary/aromatic N) is 1. The number of likely N-dealkylation sites (N-methyl/N-ethyl adjacent to an activating group) is 1. The molecule has 1 aromatic rings. The lowest BCUT2D eigenvalue weighted by atomic mass is 9.91. The predicted molar refractivity (Wildman–Crippen MR) is 83.5 cm³/mol. The number of carbonyl (C=O) groups is 1. The quantitative estimate of drug-likeness (QED) is 0.924. The first-order valence-corrected chi connectivity index (χ1v) is 7.81. The van der Waals surface area contributed by atoms with E-state index in [0.717, 1.165) is 31.6 Å². The number of amides is 1. The highest BCUT2D eigenvalue weighted by Gasteiger charge is 2.35. The van der Waals surface area contributed by atoms with Crippen molar-refractivity contribution >= 4 is 29.1 Å². The van der Waals surface area contributed by atoms with Crippen LogP contribution < -0.4 is 5.32 Å². The number of carbonyl (C=O) groups excluding carboxylic acids is 1. The van der Waals surface area contributed by atoms with Gasteiger partial charge < -0.3 is 10.2 Å². The fourth-order valence-electron chi connectivity index (χ4n) is 2.80. The topological polar surface area (TPSA) is 32.3 Å². The highest BCUT2D eigenvalue weighted by Crippen LogP contribution is 2.32. The first kappa shape index (κ1) is 15.6. The van der Waals surface area contributed by atoms with Crippen LogP contribution in [0.25, 0.3) is 0 Å². The van der Waals surface area contributed by atoms with Gasteiger partial charge in [0.1, 0.15) is 0 Å². The molecule has 5 heteroatoms. The summed E-state index contributed by atoms with van der Waals surface area (Å²) in [7, 11) is 0. The van der Waals surface area contributed by atoms with Crippen LogP contribution in [0.2, 0.25) is 10.0 Å². The third-order valence-electron chi connectivity index (χ3n) is 3.93. The third kappa shape index (κ3) is 3.11. The van der Waals surface area contributed by atoms with Gasteiger partial charge in [0.2, 0.25) is 5.91 Å². The van der Waals surface area contributed by atoms with Gasteiger partial charge in [-0.2, -0.15) is 0 Å². The molecule has 0 aliphatic carbocycles. The van der Waals surface area contributed by atoms with E-state index in [1.54, 1.807) is 6.07 Å². The van der Waals surface area contributed by atoms with Crippen LogP contribution >= 0.6 is 23.2 Å². The average molecular weight is 315 g/mol. The molecule has 1 amide bonds. The maximum atomic E-state index is 12.5. The van der Waals surface area contributed by atoms with E-state index < -0.39 is 0 Å². The number of rotatable bonds is 4. The van der Waals surface area contributed by atoms with E-state index in [0.29, 0.717) is 10.0 Å². The summed E-state index contributed by atoms with van der Waals surface area (Å²) in [4.78, 5) is 14.4. The van der Waals surface area contributed by atoms with Gasteiger partial charge in [0.25, 0.3) is 0 Å². The van der Waals surface area contributed by atoms with Crippen LogP contribution in [-0.4, -0.2) is 36.5 Å². The molecule has 0 aromatic heterocycles. The molecule has 1 fully saturated rings. The largest absolute Gasteiger partial charge is 0.342 e. The van der Waals surface area contributed by atoms with E-state index in [2.05, 4.69) is 5.32 Å². The van der Waals surface area contributed by atoms with E-state index in [1.165, 1.54) is 0 Å². The van der Waals surface area contributed by atoms with Crippen molar-refractivity contribution in [2.24, 2.45) is 0 Å². The Kier molecular flexibility index (Phi) is 5.30. The molecule has 3 nitrogen and oxygen atoms in total. The third-order valence-corrected chi connectivity index (χ3v) is 4.67. The molecule has 0 bridgehead atoms. The zero-order chi connectivity index (χ0) is 14.7. The second-order valence-electron chi connectivity index (χ2n) is 5.01. The van der Waals surface area contributed by atoms with Gasteiger partial charge in [0.15, 0.2) is 0 Å². The summed E-state index contributed by atoms with van der Waals surface area (Å²) in [6.07, 6.45) is 0.940. The summed E-state index contributed by atoms with van der Waals surface area (Å²) in [5, 5.41) is 4.42. The van der Waals surface area contributed by atoms with E-state index >= 15 is 0 Å². The van der Waals surface area contributed by atoms with Crippen LogP contribution in [0.1, 0.15) is 31.7 Å². The van der Waals surface area contributed by atoms with Crippen LogP contribution in [0.4, 0.5) is 0 Å². The van der Waals surface area contributed by atoms with Crippen molar-refractivity contribution in [3.8, 4) is 0 Å². The van der Waals surface area contributed by atoms with Gasteiger partial charge in [-0.05, 0) is 44.5 Å². The van der Waals surface area contributed by atoms with Crippen molar-refractivity contribution in [1.29, 1.82) is 0 Å².